The zero-order chi connectivity index (χ0) is 13.7. The van der Waals surface area contributed by atoms with Crippen molar-refractivity contribution in [3.8, 4) is 0 Å². The topological polar surface area (TPSA) is 32.3 Å². The van der Waals surface area contributed by atoms with Crippen molar-refractivity contribution in [2.24, 2.45) is 11.8 Å². The first-order valence-electron chi connectivity index (χ1n) is 7.61. The summed E-state index contributed by atoms with van der Waals surface area (Å²) in [5.41, 5.74) is 1.30. The van der Waals surface area contributed by atoms with Crippen LogP contribution < -0.4 is 5.32 Å². The molecule has 0 amide bonds. The van der Waals surface area contributed by atoms with Crippen LogP contribution in [-0.4, -0.2) is 23.8 Å². The Morgan fingerprint density at radius 3 is 2.37 bits per heavy atom. The highest BCUT2D eigenvalue weighted by molar-refractivity contribution is 5.16. The van der Waals surface area contributed by atoms with Crippen LogP contribution >= 0.6 is 0 Å². The van der Waals surface area contributed by atoms with Gasteiger partial charge >= 0.3 is 0 Å². The van der Waals surface area contributed by atoms with Gasteiger partial charge in [-0.1, -0.05) is 50.6 Å². The Morgan fingerprint density at radius 2 is 1.79 bits per heavy atom. The molecule has 2 unspecified atom stereocenters. The minimum atomic E-state index is 0.176. The maximum absolute atomic E-state index is 9.63. The molecule has 1 fully saturated rings. The van der Waals surface area contributed by atoms with E-state index in [-0.39, 0.29) is 12.6 Å². The average molecular weight is 261 g/mol. The number of hydrogen-bond donors (Lipinski definition) is 2. The van der Waals surface area contributed by atoms with Crippen LogP contribution in [0.5, 0.6) is 0 Å². The van der Waals surface area contributed by atoms with Crippen LogP contribution in [0.25, 0.3) is 0 Å². The fourth-order valence-corrected chi connectivity index (χ4v) is 3.36. The van der Waals surface area contributed by atoms with Gasteiger partial charge in [0, 0.05) is 12.1 Å². The van der Waals surface area contributed by atoms with E-state index in [1.807, 2.05) is 6.07 Å². The maximum atomic E-state index is 9.63. The zero-order valence-electron chi connectivity index (χ0n) is 12.2. The monoisotopic (exact) mass is 261 g/mol. The predicted molar refractivity (Wildman–Crippen MR) is 80.1 cm³/mol. The molecule has 0 saturated heterocycles. The van der Waals surface area contributed by atoms with E-state index in [1.54, 1.807) is 0 Å². The molecule has 1 aliphatic carbocycles. The Hall–Kier alpha value is -0.860. The molecule has 3 atom stereocenters. The highest BCUT2D eigenvalue weighted by Crippen LogP contribution is 2.29. The lowest BCUT2D eigenvalue weighted by Gasteiger charge is -2.37. The third-order valence-corrected chi connectivity index (χ3v) is 4.52. The Balaban J connectivity index is 1.94. The second-order valence-electron chi connectivity index (χ2n) is 6.15. The second-order valence-corrected chi connectivity index (χ2v) is 6.15. The lowest BCUT2D eigenvalue weighted by molar-refractivity contribution is 0.160. The third-order valence-electron chi connectivity index (χ3n) is 4.52. The molecule has 0 aromatic heterocycles. The number of aliphatic hydroxyl groups excluding tert-OH is 1. The quantitative estimate of drug-likeness (QED) is 0.854. The van der Waals surface area contributed by atoms with Crippen molar-refractivity contribution in [1.82, 2.24) is 5.32 Å². The number of aliphatic hydroxyl groups is 1. The minimum absolute atomic E-state index is 0.176. The molecule has 0 bridgehead atoms. The summed E-state index contributed by atoms with van der Waals surface area (Å²) >= 11 is 0. The van der Waals surface area contributed by atoms with E-state index in [9.17, 15) is 5.11 Å². The minimum Gasteiger partial charge on any atom is -0.395 e. The van der Waals surface area contributed by atoms with Crippen molar-refractivity contribution >= 4 is 0 Å². The molecule has 2 heteroatoms. The third kappa shape index (κ3) is 4.05. The van der Waals surface area contributed by atoms with Gasteiger partial charge in [-0.25, -0.2) is 0 Å². The summed E-state index contributed by atoms with van der Waals surface area (Å²) in [7, 11) is 0. The van der Waals surface area contributed by atoms with E-state index in [0.717, 1.165) is 6.42 Å². The second kappa shape index (κ2) is 7.06. The Kier molecular flexibility index (Phi) is 5.41. The number of hydrogen-bond acceptors (Lipinski definition) is 2. The standard InChI is InChI=1S/C17H27NO/c1-13-7-6-8-14(2)17(13)18-16(12-19)11-15-9-4-3-5-10-15/h3-5,9-10,13-14,16-19H,6-8,11-12H2,1-2H3/t13?,14?,16-,17?/m0/s1. The van der Waals surface area contributed by atoms with Gasteiger partial charge in [0.05, 0.1) is 6.61 Å². The molecule has 0 radical (unpaired) electrons. The highest BCUT2D eigenvalue weighted by Gasteiger charge is 2.29. The SMILES string of the molecule is CC1CCCC(C)C1N[C@H](CO)Cc1ccccc1. The molecule has 2 nitrogen and oxygen atoms in total. The smallest absolute Gasteiger partial charge is 0.0587 e. The van der Waals surface area contributed by atoms with Gasteiger partial charge in [0.2, 0.25) is 0 Å². The first-order valence-corrected chi connectivity index (χ1v) is 7.61. The van der Waals surface area contributed by atoms with Crippen molar-refractivity contribution in [2.75, 3.05) is 6.61 Å². The van der Waals surface area contributed by atoms with Gasteiger partial charge in [-0.3, -0.25) is 0 Å². The van der Waals surface area contributed by atoms with Gasteiger partial charge in [0.25, 0.3) is 0 Å². The van der Waals surface area contributed by atoms with Crippen molar-refractivity contribution < 1.29 is 5.11 Å². The number of nitrogens with one attached hydrogen (secondary N) is 1. The summed E-state index contributed by atoms with van der Waals surface area (Å²) in [5, 5.41) is 13.3. The molecule has 2 rings (SSSR count). The predicted octanol–water partition coefficient (Wildman–Crippen LogP) is 3.00. The molecule has 2 N–H and O–H groups in total. The van der Waals surface area contributed by atoms with E-state index in [0.29, 0.717) is 17.9 Å². The normalized spacial score (nSPS) is 29.1. The lowest BCUT2D eigenvalue weighted by atomic mass is 9.78. The van der Waals surface area contributed by atoms with Gasteiger partial charge in [-0.2, -0.15) is 0 Å². The average Bonchev–Trinajstić information content (AvgIpc) is 2.43. The number of rotatable bonds is 5. The van der Waals surface area contributed by atoms with E-state index >= 15 is 0 Å². The largest absolute Gasteiger partial charge is 0.395 e. The molecular weight excluding hydrogens is 234 g/mol. The van der Waals surface area contributed by atoms with Crippen molar-refractivity contribution in [3.63, 3.8) is 0 Å². The fraction of sp³-hybridized carbons (Fsp3) is 0.647. The van der Waals surface area contributed by atoms with E-state index < -0.39 is 0 Å². The van der Waals surface area contributed by atoms with Gasteiger partial charge in [-0.15, -0.1) is 0 Å². The first-order chi connectivity index (χ1) is 9.20. The van der Waals surface area contributed by atoms with Crippen molar-refractivity contribution in [2.45, 2.75) is 51.6 Å². The molecule has 0 heterocycles. The summed E-state index contributed by atoms with van der Waals surface area (Å²) in [6, 6.07) is 11.2. The summed E-state index contributed by atoms with van der Waals surface area (Å²) in [4.78, 5) is 0. The Bertz CT molecular complexity index is 355. The molecule has 19 heavy (non-hydrogen) atoms. The molecule has 1 aromatic carbocycles. The molecule has 106 valence electrons. The molecule has 1 aromatic rings. The van der Waals surface area contributed by atoms with Gasteiger partial charge < -0.3 is 10.4 Å². The van der Waals surface area contributed by atoms with E-state index in [2.05, 4.69) is 43.4 Å². The van der Waals surface area contributed by atoms with Crippen LogP contribution in [0.3, 0.4) is 0 Å². The van der Waals surface area contributed by atoms with Gasteiger partial charge in [-0.05, 0) is 36.7 Å². The molecule has 1 aliphatic rings. The van der Waals surface area contributed by atoms with Crippen LogP contribution in [0.1, 0.15) is 38.7 Å². The zero-order valence-corrected chi connectivity index (χ0v) is 12.2. The number of benzene rings is 1. The lowest BCUT2D eigenvalue weighted by Crippen LogP contribution is -2.49. The molecular formula is C17H27NO. The van der Waals surface area contributed by atoms with Crippen LogP contribution in [0.15, 0.2) is 30.3 Å². The Labute approximate surface area is 117 Å². The summed E-state index contributed by atoms with van der Waals surface area (Å²) in [5.74, 6) is 1.43. The Morgan fingerprint density at radius 1 is 1.16 bits per heavy atom. The van der Waals surface area contributed by atoms with Crippen molar-refractivity contribution in [1.29, 1.82) is 0 Å². The maximum Gasteiger partial charge on any atom is 0.0587 e. The summed E-state index contributed by atoms with van der Waals surface area (Å²) in [6.07, 6.45) is 4.88. The highest BCUT2D eigenvalue weighted by atomic mass is 16.3. The van der Waals surface area contributed by atoms with Crippen LogP contribution in [0, 0.1) is 11.8 Å². The molecule has 1 saturated carbocycles. The fourth-order valence-electron chi connectivity index (χ4n) is 3.36. The van der Waals surface area contributed by atoms with Gasteiger partial charge in [0.1, 0.15) is 0 Å². The van der Waals surface area contributed by atoms with Crippen LogP contribution in [0.2, 0.25) is 0 Å². The van der Waals surface area contributed by atoms with Crippen LogP contribution in [0.4, 0.5) is 0 Å². The first kappa shape index (κ1) is 14.5. The molecule has 0 spiro atoms. The summed E-state index contributed by atoms with van der Waals surface area (Å²) < 4.78 is 0. The molecule has 0 aliphatic heterocycles. The van der Waals surface area contributed by atoms with Crippen LogP contribution in [-0.2, 0) is 6.42 Å². The van der Waals surface area contributed by atoms with E-state index in [4.69, 9.17) is 0 Å². The van der Waals surface area contributed by atoms with Crippen molar-refractivity contribution in [3.05, 3.63) is 35.9 Å². The van der Waals surface area contributed by atoms with Gasteiger partial charge in [0.15, 0.2) is 0 Å². The van der Waals surface area contributed by atoms with E-state index in [1.165, 1.54) is 24.8 Å². The summed E-state index contributed by atoms with van der Waals surface area (Å²) in [6.45, 7) is 4.89.